The van der Waals surface area contributed by atoms with Crippen molar-refractivity contribution in [2.75, 3.05) is 11.9 Å². The molecular formula is C16H19N3O. The molecule has 4 nitrogen and oxygen atoms in total. The Labute approximate surface area is 119 Å². The van der Waals surface area contributed by atoms with Gasteiger partial charge in [0, 0.05) is 13.2 Å². The summed E-state index contributed by atoms with van der Waals surface area (Å²) in [5.41, 5.74) is 7.94. The summed E-state index contributed by atoms with van der Waals surface area (Å²) in [6.07, 6.45) is 4.76. The molecule has 0 aliphatic rings. The Bertz CT molecular complexity index is 542. The molecule has 104 valence electrons. The highest BCUT2D eigenvalue weighted by Crippen LogP contribution is 2.12. The number of anilines is 1. The SMILES string of the molecule is CN(C(=O)C(N)CCc1ccccc1)c1cccnc1. The van der Waals surface area contributed by atoms with Crippen molar-refractivity contribution in [3.8, 4) is 0 Å². The van der Waals surface area contributed by atoms with Crippen molar-refractivity contribution >= 4 is 11.6 Å². The second kappa shape index (κ2) is 6.82. The lowest BCUT2D eigenvalue weighted by Crippen LogP contribution is -2.42. The molecular weight excluding hydrogens is 250 g/mol. The molecule has 2 rings (SSSR count). The monoisotopic (exact) mass is 269 g/mol. The Morgan fingerprint density at radius 3 is 2.65 bits per heavy atom. The predicted molar refractivity (Wildman–Crippen MR) is 80.4 cm³/mol. The first kappa shape index (κ1) is 14.2. The third-order valence-electron chi connectivity index (χ3n) is 3.27. The summed E-state index contributed by atoms with van der Waals surface area (Å²) >= 11 is 0. The molecule has 1 aromatic carbocycles. The van der Waals surface area contributed by atoms with E-state index >= 15 is 0 Å². The van der Waals surface area contributed by atoms with Gasteiger partial charge in [-0.25, -0.2) is 0 Å². The van der Waals surface area contributed by atoms with Crippen LogP contribution in [0.3, 0.4) is 0 Å². The first-order chi connectivity index (χ1) is 9.68. The third kappa shape index (κ3) is 3.65. The molecule has 0 fully saturated rings. The van der Waals surface area contributed by atoms with Crippen LogP contribution in [0, 0.1) is 0 Å². The molecule has 2 N–H and O–H groups in total. The van der Waals surface area contributed by atoms with E-state index in [0.29, 0.717) is 6.42 Å². The number of carbonyl (C=O) groups excluding carboxylic acids is 1. The van der Waals surface area contributed by atoms with Crippen molar-refractivity contribution in [2.45, 2.75) is 18.9 Å². The highest BCUT2D eigenvalue weighted by molar-refractivity contribution is 5.96. The van der Waals surface area contributed by atoms with Crippen LogP contribution < -0.4 is 10.6 Å². The van der Waals surface area contributed by atoms with Crippen LogP contribution >= 0.6 is 0 Å². The van der Waals surface area contributed by atoms with E-state index in [1.165, 1.54) is 5.56 Å². The average molecular weight is 269 g/mol. The maximum absolute atomic E-state index is 12.2. The highest BCUT2D eigenvalue weighted by Gasteiger charge is 2.19. The van der Waals surface area contributed by atoms with Crippen LogP contribution in [0.4, 0.5) is 5.69 Å². The zero-order chi connectivity index (χ0) is 14.4. The number of nitrogens with zero attached hydrogens (tertiary/aromatic N) is 2. The van der Waals surface area contributed by atoms with E-state index < -0.39 is 6.04 Å². The molecule has 1 amide bonds. The average Bonchev–Trinajstić information content (AvgIpc) is 2.53. The van der Waals surface area contributed by atoms with Crippen molar-refractivity contribution in [1.82, 2.24) is 4.98 Å². The van der Waals surface area contributed by atoms with E-state index in [2.05, 4.69) is 4.98 Å². The smallest absolute Gasteiger partial charge is 0.243 e. The molecule has 0 saturated heterocycles. The summed E-state index contributed by atoms with van der Waals surface area (Å²) in [5, 5.41) is 0. The Kier molecular flexibility index (Phi) is 4.85. The van der Waals surface area contributed by atoms with Crippen molar-refractivity contribution in [1.29, 1.82) is 0 Å². The van der Waals surface area contributed by atoms with Gasteiger partial charge in [0.25, 0.3) is 0 Å². The van der Waals surface area contributed by atoms with Gasteiger partial charge < -0.3 is 10.6 Å². The Morgan fingerprint density at radius 1 is 1.25 bits per heavy atom. The van der Waals surface area contributed by atoms with Gasteiger partial charge in [0.1, 0.15) is 0 Å². The fourth-order valence-electron chi connectivity index (χ4n) is 2.02. The molecule has 20 heavy (non-hydrogen) atoms. The zero-order valence-corrected chi connectivity index (χ0v) is 11.6. The minimum atomic E-state index is -0.500. The summed E-state index contributed by atoms with van der Waals surface area (Å²) < 4.78 is 0. The first-order valence-electron chi connectivity index (χ1n) is 6.65. The molecule has 1 heterocycles. The van der Waals surface area contributed by atoms with E-state index in [-0.39, 0.29) is 5.91 Å². The molecule has 1 unspecified atom stereocenters. The van der Waals surface area contributed by atoms with Gasteiger partial charge in [-0.3, -0.25) is 9.78 Å². The summed E-state index contributed by atoms with van der Waals surface area (Å²) in [6, 6.07) is 13.2. The number of benzene rings is 1. The van der Waals surface area contributed by atoms with Crippen molar-refractivity contribution < 1.29 is 4.79 Å². The van der Waals surface area contributed by atoms with Crippen LogP contribution in [-0.4, -0.2) is 24.0 Å². The Morgan fingerprint density at radius 2 is 2.00 bits per heavy atom. The second-order valence-electron chi connectivity index (χ2n) is 4.74. The van der Waals surface area contributed by atoms with E-state index in [0.717, 1.165) is 12.1 Å². The number of aromatic nitrogens is 1. The number of carbonyl (C=O) groups is 1. The van der Waals surface area contributed by atoms with Crippen molar-refractivity contribution in [3.63, 3.8) is 0 Å². The molecule has 0 aliphatic heterocycles. The molecule has 0 aliphatic carbocycles. The number of nitrogens with two attached hydrogens (primary N) is 1. The molecule has 0 spiro atoms. The lowest BCUT2D eigenvalue weighted by Gasteiger charge is -2.21. The number of rotatable bonds is 5. The fourth-order valence-corrected chi connectivity index (χ4v) is 2.02. The minimum Gasteiger partial charge on any atom is -0.320 e. The minimum absolute atomic E-state index is 0.0890. The van der Waals surface area contributed by atoms with E-state index in [4.69, 9.17) is 5.73 Å². The third-order valence-corrected chi connectivity index (χ3v) is 3.27. The normalized spacial score (nSPS) is 11.9. The number of likely N-dealkylation sites (N-methyl/N-ethyl adjacent to an activating group) is 1. The van der Waals surface area contributed by atoms with Gasteiger partial charge in [-0.1, -0.05) is 30.3 Å². The molecule has 2 aromatic rings. The topological polar surface area (TPSA) is 59.2 Å². The van der Waals surface area contributed by atoms with Crippen LogP contribution in [0.5, 0.6) is 0 Å². The predicted octanol–water partition coefficient (Wildman–Crippen LogP) is 2.00. The van der Waals surface area contributed by atoms with E-state index in [1.807, 2.05) is 36.4 Å². The Balaban J connectivity index is 1.92. The quantitative estimate of drug-likeness (QED) is 0.903. The van der Waals surface area contributed by atoms with Crippen LogP contribution in [0.25, 0.3) is 0 Å². The van der Waals surface area contributed by atoms with Gasteiger partial charge >= 0.3 is 0 Å². The largest absolute Gasteiger partial charge is 0.320 e. The second-order valence-corrected chi connectivity index (χ2v) is 4.74. The van der Waals surface area contributed by atoms with Crippen LogP contribution in [-0.2, 0) is 11.2 Å². The highest BCUT2D eigenvalue weighted by atomic mass is 16.2. The standard InChI is InChI=1S/C16H19N3O/c1-19(14-8-5-11-18-12-14)16(20)15(17)10-9-13-6-3-2-4-7-13/h2-8,11-12,15H,9-10,17H2,1H3. The van der Waals surface area contributed by atoms with Gasteiger partial charge in [-0.05, 0) is 30.5 Å². The zero-order valence-electron chi connectivity index (χ0n) is 11.6. The molecule has 0 saturated carbocycles. The van der Waals surface area contributed by atoms with Gasteiger partial charge in [0.2, 0.25) is 5.91 Å². The summed E-state index contributed by atoms with van der Waals surface area (Å²) in [4.78, 5) is 17.8. The van der Waals surface area contributed by atoms with Crippen LogP contribution in [0.15, 0.2) is 54.9 Å². The van der Waals surface area contributed by atoms with Crippen molar-refractivity contribution in [2.24, 2.45) is 5.73 Å². The lowest BCUT2D eigenvalue weighted by atomic mass is 10.0. The van der Waals surface area contributed by atoms with Gasteiger partial charge in [-0.15, -0.1) is 0 Å². The van der Waals surface area contributed by atoms with Crippen LogP contribution in [0.1, 0.15) is 12.0 Å². The molecule has 1 aromatic heterocycles. The molecule has 1 atom stereocenters. The molecule has 0 bridgehead atoms. The Hall–Kier alpha value is -2.20. The summed E-state index contributed by atoms with van der Waals surface area (Å²) in [5.74, 6) is -0.0890. The number of hydrogen-bond acceptors (Lipinski definition) is 3. The summed E-state index contributed by atoms with van der Waals surface area (Å²) in [6.45, 7) is 0. The maximum Gasteiger partial charge on any atom is 0.243 e. The number of hydrogen-bond donors (Lipinski definition) is 1. The fraction of sp³-hybridized carbons (Fsp3) is 0.250. The number of pyridine rings is 1. The van der Waals surface area contributed by atoms with E-state index in [9.17, 15) is 4.79 Å². The van der Waals surface area contributed by atoms with Gasteiger partial charge in [0.05, 0.1) is 17.9 Å². The molecule has 4 heteroatoms. The van der Waals surface area contributed by atoms with Crippen LogP contribution in [0.2, 0.25) is 0 Å². The number of aryl methyl sites for hydroxylation is 1. The van der Waals surface area contributed by atoms with Gasteiger partial charge in [-0.2, -0.15) is 0 Å². The first-order valence-corrected chi connectivity index (χ1v) is 6.65. The maximum atomic E-state index is 12.2. The lowest BCUT2D eigenvalue weighted by molar-refractivity contribution is -0.119. The van der Waals surface area contributed by atoms with Crippen molar-refractivity contribution in [3.05, 3.63) is 60.4 Å². The van der Waals surface area contributed by atoms with Gasteiger partial charge in [0.15, 0.2) is 0 Å². The molecule has 0 radical (unpaired) electrons. The summed E-state index contributed by atoms with van der Waals surface area (Å²) in [7, 11) is 1.72. The van der Waals surface area contributed by atoms with E-state index in [1.54, 1.807) is 30.4 Å². The number of amides is 1.